The van der Waals surface area contributed by atoms with Gasteiger partial charge in [0.25, 0.3) is 0 Å². The number of rotatable bonds is 0. The van der Waals surface area contributed by atoms with E-state index in [0.29, 0.717) is 0 Å². The lowest BCUT2D eigenvalue weighted by Crippen LogP contribution is -2.16. The number of carbonyl (C=O) groups is 1. The Kier molecular flexibility index (Phi) is 5.52. The van der Waals surface area contributed by atoms with Crippen LogP contribution in [0.3, 0.4) is 0 Å². The van der Waals surface area contributed by atoms with Crippen LogP contribution in [-0.4, -0.2) is 18.9 Å². The second kappa shape index (κ2) is 5.76. The maximum Gasteiger partial charge on any atom is 0.116 e. The molecule has 1 unspecified atom stereocenters. The molecule has 0 saturated carbocycles. The quantitative estimate of drug-likeness (QED) is 0.494. The van der Waals surface area contributed by atoms with Crippen molar-refractivity contribution in [1.29, 1.82) is 0 Å². The monoisotopic (exact) mass is 129 g/mol. The van der Waals surface area contributed by atoms with Crippen molar-refractivity contribution in [3.63, 3.8) is 0 Å². The molecule has 0 amide bonds. The zero-order valence-corrected chi connectivity index (χ0v) is 6.18. The highest BCUT2D eigenvalue weighted by atomic mass is 16.1. The molecule has 1 rings (SSSR count). The summed E-state index contributed by atoms with van der Waals surface area (Å²) in [5, 5.41) is 3.32. The fourth-order valence-corrected chi connectivity index (χ4v) is 0.859. The molecule has 2 heteroatoms. The summed E-state index contributed by atoms with van der Waals surface area (Å²) in [5.74, 6) is 0. The molecule has 0 bridgehead atoms. The van der Waals surface area contributed by atoms with E-state index in [1.165, 1.54) is 26.3 Å². The van der Waals surface area contributed by atoms with Crippen molar-refractivity contribution < 1.29 is 4.79 Å². The molecule has 1 saturated heterocycles. The van der Waals surface area contributed by atoms with Crippen LogP contribution in [0.25, 0.3) is 0 Å². The molecule has 1 N–H and O–H groups in total. The third-order valence-corrected chi connectivity index (χ3v) is 1.31. The van der Waals surface area contributed by atoms with E-state index in [-0.39, 0.29) is 0 Å². The summed E-state index contributed by atoms with van der Waals surface area (Å²) >= 11 is 0. The summed E-state index contributed by atoms with van der Waals surface area (Å²) in [6.45, 7) is 4.91. The summed E-state index contributed by atoms with van der Waals surface area (Å²) < 4.78 is 0. The first kappa shape index (κ1) is 8.63. The van der Waals surface area contributed by atoms with Gasteiger partial charge in [-0.2, -0.15) is 0 Å². The Morgan fingerprint density at radius 1 is 1.67 bits per heavy atom. The normalized spacial score (nSPS) is 24.4. The summed E-state index contributed by atoms with van der Waals surface area (Å²) in [6, 6.07) is 0.796. The van der Waals surface area contributed by atoms with Crippen LogP contribution in [0.4, 0.5) is 0 Å². The highest BCUT2D eigenvalue weighted by Gasteiger charge is 2.05. The second-order valence-corrected chi connectivity index (χ2v) is 2.23. The van der Waals surface area contributed by atoms with Crippen LogP contribution in [0.5, 0.6) is 0 Å². The lowest BCUT2D eigenvalue weighted by Gasteiger charge is -1.95. The molecule has 0 aliphatic carbocycles. The molecular weight excluding hydrogens is 114 g/mol. The summed E-state index contributed by atoms with van der Waals surface area (Å²) in [6.07, 6.45) is 3.50. The van der Waals surface area contributed by atoms with E-state index in [9.17, 15) is 0 Å². The molecule has 1 heterocycles. The number of hydrogen-bond acceptors (Lipinski definition) is 2. The average molecular weight is 129 g/mol. The van der Waals surface area contributed by atoms with Crippen LogP contribution >= 0.6 is 0 Å². The Morgan fingerprint density at radius 2 is 2.22 bits per heavy atom. The molecule has 1 atom stereocenters. The van der Waals surface area contributed by atoms with E-state index in [1.54, 1.807) is 0 Å². The van der Waals surface area contributed by atoms with Crippen molar-refractivity contribution in [2.45, 2.75) is 32.7 Å². The molecule has 1 fully saturated rings. The summed E-state index contributed by atoms with van der Waals surface area (Å²) in [4.78, 5) is 8.81. The first-order valence-corrected chi connectivity index (χ1v) is 3.44. The zero-order valence-electron chi connectivity index (χ0n) is 6.18. The Labute approximate surface area is 56.6 Å². The minimum absolute atomic E-state index is 0.750. The van der Waals surface area contributed by atoms with Gasteiger partial charge in [-0.15, -0.1) is 0 Å². The third kappa shape index (κ3) is 5.50. The molecule has 0 spiro atoms. The van der Waals surface area contributed by atoms with Gasteiger partial charge < -0.3 is 10.1 Å². The number of hydrogen-bond donors (Lipinski definition) is 1. The smallest absolute Gasteiger partial charge is 0.116 e. The molecule has 1 aliphatic rings. The van der Waals surface area contributed by atoms with Gasteiger partial charge in [0, 0.05) is 6.04 Å². The van der Waals surface area contributed by atoms with Crippen LogP contribution in [-0.2, 0) is 4.79 Å². The molecule has 0 aromatic heterocycles. The maximum atomic E-state index is 8.81. The van der Waals surface area contributed by atoms with E-state index in [1.807, 2.05) is 0 Å². The van der Waals surface area contributed by atoms with Crippen LogP contribution in [0.2, 0.25) is 0 Å². The Bertz CT molecular complexity index is 67.3. The van der Waals surface area contributed by atoms with Crippen molar-refractivity contribution in [2.24, 2.45) is 0 Å². The van der Waals surface area contributed by atoms with Gasteiger partial charge in [-0.1, -0.05) is 0 Å². The SMILES string of the molecule is CC1CCCN1.CC=O. The van der Waals surface area contributed by atoms with Crippen LogP contribution in [0.1, 0.15) is 26.7 Å². The largest absolute Gasteiger partial charge is 0.314 e. The predicted molar refractivity (Wildman–Crippen MR) is 38.4 cm³/mol. The Morgan fingerprint density at radius 3 is 2.33 bits per heavy atom. The van der Waals surface area contributed by atoms with E-state index in [2.05, 4.69) is 12.2 Å². The van der Waals surface area contributed by atoms with E-state index in [4.69, 9.17) is 4.79 Å². The summed E-state index contributed by atoms with van der Waals surface area (Å²) in [5.41, 5.74) is 0. The van der Waals surface area contributed by atoms with Gasteiger partial charge in [-0.05, 0) is 33.2 Å². The first-order chi connectivity index (χ1) is 4.31. The van der Waals surface area contributed by atoms with Crippen LogP contribution in [0, 0.1) is 0 Å². The fourth-order valence-electron chi connectivity index (χ4n) is 0.859. The third-order valence-electron chi connectivity index (χ3n) is 1.31. The molecular formula is C7H15NO. The van der Waals surface area contributed by atoms with E-state index >= 15 is 0 Å². The summed E-state index contributed by atoms with van der Waals surface area (Å²) in [7, 11) is 0. The van der Waals surface area contributed by atoms with E-state index in [0.717, 1.165) is 12.3 Å². The highest BCUT2D eigenvalue weighted by molar-refractivity contribution is 5.44. The first-order valence-electron chi connectivity index (χ1n) is 3.44. The highest BCUT2D eigenvalue weighted by Crippen LogP contribution is 2.01. The number of carbonyl (C=O) groups excluding carboxylic acids is 1. The minimum atomic E-state index is 0.750. The fraction of sp³-hybridized carbons (Fsp3) is 0.857. The van der Waals surface area contributed by atoms with Crippen molar-refractivity contribution in [3.8, 4) is 0 Å². The van der Waals surface area contributed by atoms with Gasteiger partial charge >= 0.3 is 0 Å². The number of aldehydes is 1. The predicted octanol–water partition coefficient (Wildman–Crippen LogP) is 0.964. The minimum Gasteiger partial charge on any atom is -0.314 e. The standard InChI is InChI=1S/C5H11N.C2H4O/c1-5-3-2-4-6-5;1-2-3/h5-6H,2-4H2,1H3;2H,1H3. The molecule has 0 aromatic carbocycles. The van der Waals surface area contributed by atoms with Crippen molar-refractivity contribution in [1.82, 2.24) is 5.32 Å². The van der Waals surface area contributed by atoms with Gasteiger partial charge in [-0.25, -0.2) is 0 Å². The second-order valence-electron chi connectivity index (χ2n) is 2.23. The van der Waals surface area contributed by atoms with Crippen molar-refractivity contribution in [2.75, 3.05) is 6.54 Å². The van der Waals surface area contributed by atoms with Gasteiger partial charge in [0.15, 0.2) is 0 Å². The van der Waals surface area contributed by atoms with Gasteiger partial charge in [0.2, 0.25) is 0 Å². The van der Waals surface area contributed by atoms with Crippen LogP contribution < -0.4 is 5.32 Å². The molecule has 1 aliphatic heterocycles. The van der Waals surface area contributed by atoms with Crippen molar-refractivity contribution >= 4 is 6.29 Å². The van der Waals surface area contributed by atoms with Gasteiger partial charge in [-0.3, -0.25) is 0 Å². The Balaban J connectivity index is 0.000000187. The molecule has 2 nitrogen and oxygen atoms in total. The van der Waals surface area contributed by atoms with Crippen molar-refractivity contribution in [3.05, 3.63) is 0 Å². The lowest BCUT2D eigenvalue weighted by molar-refractivity contribution is -0.106. The maximum absolute atomic E-state index is 8.81. The Hall–Kier alpha value is -0.370. The zero-order chi connectivity index (χ0) is 7.11. The molecule has 0 radical (unpaired) electrons. The molecule has 0 aromatic rings. The van der Waals surface area contributed by atoms with E-state index < -0.39 is 0 Å². The molecule has 54 valence electrons. The van der Waals surface area contributed by atoms with Gasteiger partial charge in [0.1, 0.15) is 6.29 Å². The van der Waals surface area contributed by atoms with Crippen LogP contribution in [0.15, 0.2) is 0 Å². The average Bonchev–Trinajstić information content (AvgIpc) is 2.20. The topological polar surface area (TPSA) is 29.1 Å². The molecule has 9 heavy (non-hydrogen) atoms. The number of nitrogens with one attached hydrogen (secondary N) is 1. The van der Waals surface area contributed by atoms with Gasteiger partial charge in [0.05, 0.1) is 0 Å². The lowest BCUT2D eigenvalue weighted by atomic mass is 10.3.